The number of para-hydroxylation sites is 1. The Morgan fingerprint density at radius 1 is 1.00 bits per heavy atom. The molecule has 1 saturated heterocycles. The molecule has 2 amide bonds. The highest BCUT2D eigenvalue weighted by Crippen LogP contribution is 2.20. The fourth-order valence-electron chi connectivity index (χ4n) is 3.31. The summed E-state index contributed by atoms with van der Waals surface area (Å²) in [5, 5.41) is 2.77. The maximum atomic E-state index is 13.9. The van der Waals surface area contributed by atoms with Gasteiger partial charge in [-0.2, -0.15) is 0 Å². The molecule has 3 rings (SSSR count). The summed E-state index contributed by atoms with van der Waals surface area (Å²) >= 11 is 0. The van der Waals surface area contributed by atoms with Gasteiger partial charge >= 0.3 is 0 Å². The molecule has 1 N–H and O–H groups in total. The molecular weight excluding hydrogens is 357 g/mol. The second-order valence-corrected chi connectivity index (χ2v) is 7.32. The van der Waals surface area contributed by atoms with Crippen molar-refractivity contribution in [3.8, 4) is 0 Å². The minimum atomic E-state index is -0.321. The van der Waals surface area contributed by atoms with E-state index in [9.17, 15) is 14.0 Å². The van der Waals surface area contributed by atoms with Gasteiger partial charge in [-0.15, -0.1) is 0 Å². The number of benzene rings is 2. The van der Waals surface area contributed by atoms with Crippen molar-refractivity contribution < 1.29 is 14.0 Å². The summed E-state index contributed by atoms with van der Waals surface area (Å²) < 4.78 is 13.9. The van der Waals surface area contributed by atoms with Crippen molar-refractivity contribution in [2.75, 3.05) is 36.4 Å². The van der Waals surface area contributed by atoms with Crippen LogP contribution < -0.4 is 10.2 Å². The van der Waals surface area contributed by atoms with Gasteiger partial charge in [0.1, 0.15) is 12.2 Å². The van der Waals surface area contributed by atoms with Crippen LogP contribution in [0.2, 0.25) is 0 Å². The third-order valence-corrected chi connectivity index (χ3v) is 5.00. The first-order valence-electron chi connectivity index (χ1n) is 9.61. The minimum Gasteiger partial charge on any atom is -0.366 e. The Morgan fingerprint density at radius 2 is 1.64 bits per heavy atom. The lowest BCUT2D eigenvalue weighted by Gasteiger charge is -2.36. The number of nitrogens with zero attached hydrogens (tertiary/aromatic N) is 2. The van der Waals surface area contributed by atoms with Gasteiger partial charge in [-0.25, -0.2) is 4.39 Å². The Hall–Kier alpha value is -2.89. The summed E-state index contributed by atoms with van der Waals surface area (Å²) in [6, 6.07) is 14.3. The Bertz CT molecular complexity index is 828. The Balaban J connectivity index is 1.48. The van der Waals surface area contributed by atoms with E-state index in [1.54, 1.807) is 23.1 Å². The zero-order chi connectivity index (χ0) is 20.1. The SMILES string of the molecule is CC(C)c1ccc(NC(=O)CC(=O)N2CCN(c3ccccc3F)CC2)cc1. The first-order valence-corrected chi connectivity index (χ1v) is 9.61. The summed E-state index contributed by atoms with van der Waals surface area (Å²) in [7, 11) is 0. The average Bonchev–Trinajstić information content (AvgIpc) is 2.69. The van der Waals surface area contributed by atoms with E-state index in [1.807, 2.05) is 29.2 Å². The lowest BCUT2D eigenvalue weighted by Crippen LogP contribution is -2.49. The molecule has 28 heavy (non-hydrogen) atoms. The van der Waals surface area contributed by atoms with Gasteiger partial charge in [0.2, 0.25) is 11.8 Å². The molecule has 1 aliphatic heterocycles. The summed E-state index contributed by atoms with van der Waals surface area (Å²) in [6.45, 7) is 6.26. The van der Waals surface area contributed by atoms with Gasteiger partial charge in [0.15, 0.2) is 0 Å². The van der Waals surface area contributed by atoms with E-state index < -0.39 is 0 Å². The van der Waals surface area contributed by atoms with Crippen molar-refractivity contribution in [2.45, 2.75) is 26.2 Å². The second kappa shape index (κ2) is 8.87. The van der Waals surface area contributed by atoms with Crippen LogP contribution in [0.5, 0.6) is 0 Å². The quantitative estimate of drug-likeness (QED) is 0.803. The molecule has 5 nitrogen and oxygen atoms in total. The van der Waals surface area contributed by atoms with Crippen LogP contribution in [0.25, 0.3) is 0 Å². The van der Waals surface area contributed by atoms with Crippen molar-refractivity contribution in [2.24, 2.45) is 0 Å². The average molecular weight is 383 g/mol. The molecule has 1 fully saturated rings. The zero-order valence-electron chi connectivity index (χ0n) is 16.3. The number of piperazine rings is 1. The van der Waals surface area contributed by atoms with Gasteiger partial charge in [0.25, 0.3) is 0 Å². The van der Waals surface area contributed by atoms with Crippen LogP contribution in [-0.2, 0) is 9.59 Å². The molecule has 148 valence electrons. The molecule has 6 heteroatoms. The van der Waals surface area contributed by atoms with Crippen LogP contribution in [0.15, 0.2) is 48.5 Å². The number of nitrogens with one attached hydrogen (secondary N) is 1. The summed E-state index contributed by atoms with van der Waals surface area (Å²) in [5.41, 5.74) is 2.44. The van der Waals surface area contributed by atoms with Crippen LogP contribution in [-0.4, -0.2) is 42.9 Å². The molecule has 0 aliphatic carbocycles. The van der Waals surface area contributed by atoms with Gasteiger partial charge in [-0.3, -0.25) is 9.59 Å². The van der Waals surface area contributed by atoms with Crippen LogP contribution in [0.4, 0.5) is 15.8 Å². The topological polar surface area (TPSA) is 52.7 Å². The number of rotatable bonds is 5. The maximum absolute atomic E-state index is 13.9. The van der Waals surface area contributed by atoms with E-state index in [1.165, 1.54) is 11.6 Å². The Morgan fingerprint density at radius 3 is 2.25 bits per heavy atom. The van der Waals surface area contributed by atoms with E-state index in [0.717, 1.165) is 0 Å². The predicted octanol–water partition coefficient (Wildman–Crippen LogP) is 3.63. The molecule has 0 atom stereocenters. The van der Waals surface area contributed by atoms with E-state index >= 15 is 0 Å². The fraction of sp³-hybridized carbons (Fsp3) is 0.364. The van der Waals surface area contributed by atoms with Gasteiger partial charge < -0.3 is 15.1 Å². The minimum absolute atomic E-state index is 0.189. The largest absolute Gasteiger partial charge is 0.366 e. The second-order valence-electron chi connectivity index (χ2n) is 7.32. The Labute approximate surface area is 165 Å². The van der Waals surface area contributed by atoms with Crippen molar-refractivity contribution in [3.05, 3.63) is 59.9 Å². The standard InChI is InChI=1S/C22H26FN3O2/c1-16(2)17-7-9-18(10-8-17)24-21(27)15-22(28)26-13-11-25(12-14-26)20-6-4-3-5-19(20)23/h3-10,16H,11-15H2,1-2H3,(H,24,27). The smallest absolute Gasteiger partial charge is 0.233 e. The number of anilines is 2. The number of carbonyl (C=O) groups is 2. The van der Waals surface area contributed by atoms with Gasteiger partial charge in [0.05, 0.1) is 5.69 Å². The van der Waals surface area contributed by atoms with Crippen molar-refractivity contribution in [1.82, 2.24) is 4.90 Å². The van der Waals surface area contributed by atoms with Gasteiger partial charge in [-0.05, 0) is 35.7 Å². The molecule has 0 radical (unpaired) electrons. The molecule has 0 bridgehead atoms. The predicted molar refractivity (Wildman–Crippen MR) is 109 cm³/mol. The lowest BCUT2D eigenvalue weighted by atomic mass is 10.0. The molecule has 1 heterocycles. The van der Waals surface area contributed by atoms with Crippen LogP contribution in [0.3, 0.4) is 0 Å². The number of hydrogen-bond acceptors (Lipinski definition) is 3. The first-order chi connectivity index (χ1) is 13.4. The number of amides is 2. The molecular formula is C22H26FN3O2. The van der Waals surface area contributed by atoms with Gasteiger partial charge in [-0.1, -0.05) is 38.1 Å². The molecule has 2 aromatic carbocycles. The summed E-state index contributed by atoms with van der Waals surface area (Å²) in [6.07, 6.45) is -0.189. The molecule has 0 unspecified atom stereocenters. The van der Waals surface area contributed by atoms with Crippen molar-refractivity contribution in [3.63, 3.8) is 0 Å². The maximum Gasteiger partial charge on any atom is 0.233 e. The fourth-order valence-corrected chi connectivity index (χ4v) is 3.31. The van der Waals surface area contributed by atoms with Crippen molar-refractivity contribution >= 4 is 23.2 Å². The zero-order valence-corrected chi connectivity index (χ0v) is 16.3. The van der Waals surface area contributed by atoms with Crippen LogP contribution in [0, 0.1) is 5.82 Å². The highest BCUT2D eigenvalue weighted by Gasteiger charge is 2.24. The molecule has 0 aromatic heterocycles. The normalized spacial score (nSPS) is 14.3. The third kappa shape index (κ3) is 4.88. The Kier molecular flexibility index (Phi) is 6.29. The highest BCUT2D eigenvalue weighted by atomic mass is 19.1. The highest BCUT2D eigenvalue weighted by molar-refractivity contribution is 6.03. The number of halogens is 1. The monoisotopic (exact) mass is 383 g/mol. The lowest BCUT2D eigenvalue weighted by molar-refractivity contribution is -0.134. The number of carbonyl (C=O) groups excluding carboxylic acids is 2. The van der Waals surface area contributed by atoms with E-state index in [0.29, 0.717) is 43.5 Å². The summed E-state index contributed by atoms with van der Waals surface area (Å²) in [4.78, 5) is 28.2. The van der Waals surface area contributed by atoms with Crippen molar-refractivity contribution in [1.29, 1.82) is 0 Å². The van der Waals surface area contributed by atoms with E-state index in [2.05, 4.69) is 19.2 Å². The van der Waals surface area contributed by atoms with Gasteiger partial charge in [0, 0.05) is 31.9 Å². The van der Waals surface area contributed by atoms with E-state index in [4.69, 9.17) is 0 Å². The molecule has 2 aromatic rings. The first kappa shape index (κ1) is 19.9. The summed E-state index contributed by atoms with van der Waals surface area (Å²) in [5.74, 6) is -0.359. The molecule has 0 saturated carbocycles. The third-order valence-electron chi connectivity index (χ3n) is 5.00. The molecule has 0 spiro atoms. The molecule has 1 aliphatic rings. The van der Waals surface area contributed by atoms with Crippen LogP contribution in [0.1, 0.15) is 31.7 Å². The van der Waals surface area contributed by atoms with Crippen LogP contribution >= 0.6 is 0 Å². The number of hydrogen-bond donors (Lipinski definition) is 1. The van der Waals surface area contributed by atoms with E-state index in [-0.39, 0.29) is 24.1 Å².